The van der Waals surface area contributed by atoms with E-state index >= 15 is 0 Å². The van der Waals surface area contributed by atoms with Gasteiger partial charge in [0.25, 0.3) is 5.91 Å². The molecule has 1 aliphatic rings. The van der Waals surface area contributed by atoms with Crippen molar-refractivity contribution in [2.45, 2.75) is 32.5 Å². The molecule has 1 heterocycles. The Balaban J connectivity index is 2.25. The fraction of sp³-hybridized carbons (Fsp3) is 0.417. The van der Waals surface area contributed by atoms with E-state index in [-0.39, 0.29) is 5.91 Å². The number of hydrogen-bond donors (Lipinski definition) is 2. The highest BCUT2D eigenvalue weighted by Crippen LogP contribution is 2.30. The second-order valence-corrected chi connectivity index (χ2v) is 4.13. The predicted octanol–water partition coefficient (Wildman–Crippen LogP) is 1.33. The molecule has 2 unspecified atom stereocenters. The van der Waals surface area contributed by atoms with Crippen LogP contribution in [0.5, 0.6) is 5.75 Å². The molecule has 0 fully saturated rings. The lowest BCUT2D eigenvalue weighted by Gasteiger charge is -2.23. The number of hydrogen-bond acceptors (Lipinski definition) is 3. The summed E-state index contributed by atoms with van der Waals surface area (Å²) < 4.78 is 5.43. The van der Waals surface area contributed by atoms with Gasteiger partial charge in [0.05, 0.1) is 11.8 Å². The Morgan fingerprint density at radius 1 is 1.56 bits per heavy atom. The van der Waals surface area contributed by atoms with Gasteiger partial charge in [-0.05, 0) is 38.0 Å². The SMILES string of the molecule is CC(O)Cc1ccc2c(c1)NC(=O)C(C)O2. The van der Waals surface area contributed by atoms with Crippen LogP contribution in [0.15, 0.2) is 18.2 Å². The van der Waals surface area contributed by atoms with Gasteiger partial charge in [-0.1, -0.05) is 6.07 Å². The molecule has 0 saturated carbocycles. The fourth-order valence-corrected chi connectivity index (χ4v) is 1.72. The van der Waals surface area contributed by atoms with Crippen molar-refractivity contribution < 1.29 is 14.6 Å². The van der Waals surface area contributed by atoms with E-state index in [1.165, 1.54) is 0 Å². The maximum absolute atomic E-state index is 11.4. The van der Waals surface area contributed by atoms with Gasteiger partial charge < -0.3 is 15.2 Å². The van der Waals surface area contributed by atoms with Gasteiger partial charge in [0.1, 0.15) is 5.75 Å². The summed E-state index contributed by atoms with van der Waals surface area (Å²) in [5, 5.41) is 12.1. The third kappa shape index (κ3) is 2.17. The number of nitrogens with one attached hydrogen (secondary N) is 1. The summed E-state index contributed by atoms with van der Waals surface area (Å²) in [7, 11) is 0. The molecule has 2 atom stereocenters. The molecule has 86 valence electrons. The molecule has 2 rings (SSSR count). The summed E-state index contributed by atoms with van der Waals surface area (Å²) in [5.74, 6) is 0.545. The van der Waals surface area contributed by atoms with Crippen molar-refractivity contribution >= 4 is 11.6 Å². The second-order valence-electron chi connectivity index (χ2n) is 4.13. The molecule has 0 aliphatic carbocycles. The van der Waals surface area contributed by atoms with E-state index in [1.807, 2.05) is 18.2 Å². The van der Waals surface area contributed by atoms with E-state index in [1.54, 1.807) is 13.8 Å². The highest BCUT2D eigenvalue weighted by molar-refractivity contribution is 5.97. The van der Waals surface area contributed by atoms with E-state index in [2.05, 4.69) is 5.32 Å². The fourth-order valence-electron chi connectivity index (χ4n) is 1.72. The maximum atomic E-state index is 11.4. The van der Waals surface area contributed by atoms with Crippen LogP contribution in [0.2, 0.25) is 0 Å². The minimum Gasteiger partial charge on any atom is -0.479 e. The molecule has 4 heteroatoms. The summed E-state index contributed by atoms with van der Waals surface area (Å²) in [6.45, 7) is 3.44. The zero-order valence-corrected chi connectivity index (χ0v) is 9.36. The first kappa shape index (κ1) is 11.0. The first-order valence-electron chi connectivity index (χ1n) is 5.35. The molecule has 0 spiro atoms. The van der Waals surface area contributed by atoms with Crippen molar-refractivity contribution in [2.24, 2.45) is 0 Å². The lowest BCUT2D eigenvalue weighted by atomic mass is 10.1. The summed E-state index contributed by atoms with van der Waals surface area (Å²) in [6, 6.07) is 5.56. The molecule has 1 amide bonds. The van der Waals surface area contributed by atoms with E-state index < -0.39 is 12.2 Å². The van der Waals surface area contributed by atoms with E-state index in [4.69, 9.17) is 4.74 Å². The largest absolute Gasteiger partial charge is 0.479 e. The van der Waals surface area contributed by atoms with Gasteiger partial charge in [-0.3, -0.25) is 4.79 Å². The number of aliphatic hydroxyl groups is 1. The first-order chi connectivity index (χ1) is 7.56. The Morgan fingerprint density at radius 3 is 3.00 bits per heavy atom. The smallest absolute Gasteiger partial charge is 0.265 e. The standard InChI is InChI=1S/C12H15NO3/c1-7(14)5-9-3-4-11-10(6-9)13-12(15)8(2)16-11/h3-4,6-8,14H,5H2,1-2H3,(H,13,15). The number of benzene rings is 1. The molecule has 1 aromatic carbocycles. The van der Waals surface area contributed by atoms with Gasteiger partial charge in [-0.2, -0.15) is 0 Å². The van der Waals surface area contributed by atoms with E-state index in [0.717, 1.165) is 5.56 Å². The van der Waals surface area contributed by atoms with Crippen molar-refractivity contribution in [2.75, 3.05) is 5.32 Å². The number of fused-ring (bicyclic) bond motifs is 1. The quantitative estimate of drug-likeness (QED) is 0.792. The molecule has 1 aliphatic heterocycles. The molecular formula is C12H15NO3. The molecule has 16 heavy (non-hydrogen) atoms. The third-order valence-electron chi connectivity index (χ3n) is 2.51. The lowest BCUT2D eigenvalue weighted by molar-refractivity contribution is -0.122. The average Bonchev–Trinajstić information content (AvgIpc) is 2.19. The Morgan fingerprint density at radius 2 is 2.31 bits per heavy atom. The van der Waals surface area contributed by atoms with Gasteiger partial charge in [0.15, 0.2) is 6.10 Å². The molecule has 0 bridgehead atoms. The number of anilines is 1. The van der Waals surface area contributed by atoms with Crippen LogP contribution in [0.3, 0.4) is 0 Å². The van der Waals surface area contributed by atoms with Crippen LogP contribution in [0.1, 0.15) is 19.4 Å². The second kappa shape index (κ2) is 4.14. The molecule has 0 saturated heterocycles. The zero-order valence-electron chi connectivity index (χ0n) is 9.36. The van der Waals surface area contributed by atoms with E-state index in [9.17, 15) is 9.90 Å². The molecule has 4 nitrogen and oxygen atoms in total. The zero-order chi connectivity index (χ0) is 11.7. The topological polar surface area (TPSA) is 58.6 Å². The number of carbonyl (C=O) groups is 1. The maximum Gasteiger partial charge on any atom is 0.265 e. The number of carbonyl (C=O) groups excluding carboxylic acids is 1. The average molecular weight is 221 g/mol. The van der Waals surface area contributed by atoms with Crippen LogP contribution >= 0.6 is 0 Å². The van der Waals surface area contributed by atoms with Crippen LogP contribution in [0.4, 0.5) is 5.69 Å². The van der Waals surface area contributed by atoms with Gasteiger partial charge in [0, 0.05) is 0 Å². The normalized spacial score (nSPS) is 20.7. The van der Waals surface area contributed by atoms with Crippen LogP contribution in [-0.4, -0.2) is 23.2 Å². The summed E-state index contributed by atoms with van der Waals surface area (Å²) in [4.78, 5) is 11.4. The van der Waals surface area contributed by atoms with Gasteiger partial charge in [0.2, 0.25) is 0 Å². The van der Waals surface area contributed by atoms with Crippen LogP contribution in [0.25, 0.3) is 0 Å². The van der Waals surface area contributed by atoms with Crippen molar-refractivity contribution in [1.29, 1.82) is 0 Å². The highest BCUT2D eigenvalue weighted by Gasteiger charge is 2.23. The van der Waals surface area contributed by atoms with Crippen molar-refractivity contribution in [1.82, 2.24) is 0 Å². The van der Waals surface area contributed by atoms with E-state index in [0.29, 0.717) is 17.9 Å². The van der Waals surface area contributed by atoms with Crippen molar-refractivity contribution in [3.05, 3.63) is 23.8 Å². The van der Waals surface area contributed by atoms with Gasteiger partial charge >= 0.3 is 0 Å². The van der Waals surface area contributed by atoms with Crippen molar-refractivity contribution in [3.8, 4) is 5.75 Å². The van der Waals surface area contributed by atoms with Gasteiger partial charge in [-0.25, -0.2) is 0 Å². The third-order valence-corrected chi connectivity index (χ3v) is 2.51. The first-order valence-corrected chi connectivity index (χ1v) is 5.35. The predicted molar refractivity (Wildman–Crippen MR) is 60.5 cm³/mol. The van der Waals surface area contributed by atoms with Gasteiger partial charge in [-0.15, -0.1) is 0 Å². The minimum absolute atomic E-state index is 0.137. The molecule has 1 aromatic rings. The molecule has 0 aromatic heterocycles. The summed E-state index contributed by atoms with van der Waals surface area (Å²) in [5.41, 5.74) is 1.66. The number of ether oxygens (including phenoxy) is 1. The van der Waals surface area contributed by atoms with Crippen LogP contribution in [-0.2, 0) is 11.2 Å². The lowest BCUT2D eigenvalue weighted by Crippen LogP contribution is -2.34. The number of aliphatic hydroxyl groups excluding tert-OH is 1. The Kier molecular flexibility index (Phi) is 2.83. The van der Waals surface area contributed by atoms with Crippen LogP contribution in [0, 0.1) is 0 Å². The monoisotopic (exact) mass is 221 g/mol. The number of amides is 1. The molecular weight excluding hydrogens is 206 g/mol. The summed E-state index contributed by atoms with van der Waals surface area (Å²) in [6.07, 6.45) is -0.272. The Hall–Kier alpha value is -1.55. The Bertz CT molecular complexity index is 415. The Labute approximate surface area is 94.2 Å². The van der Waals surface area contributed by atoms with Crippen LogP contribution < -0.4 is 10.1 Å². The number of rotatable bonds is 2. The summed E-state index contributed by atoms with van der Waals surface area (Å²) >= 11 is 0. The molecule has 0 radical (unpaired) electrons. The minimum atomic E-state index is -0.449. The van der Waals surface area contributed by atoms with Crippen molar-refractivity contribution in [3.63, 3.8) is 0 Å². The highest BCUT2D eigenvalue weighted by atomic mass is 16.5. The molecule has 2 N–H and O–H groups in total.